The summed E-state index contributed by atoms with van der Waals surface area (Å²) in [7, 11) is 0. The zero-order valence-corrected chi connectivity index (χ0v) is 8.90. The van der Waals surface area contributed by atoms with Gasteiger partial charge in [-0.05, 0) is 42.5 Å². The topological polar surface area (TPSA) is 67.5 Å². The summed E-state index contributed by atoms with van der Waals surface area (Å²) in [6.07, 6.45) is 0. The summed E-state index contributed by atoms with van der Waals surface area (Å²) in [5, 5.41) is 9.76. The average molecular weight is 218 g/mol. The lowest BCUT2D eigenvalue weighted by atomic mass is 10.0. The average Bonchev–Trinajstić information content (AvgIpc) is 2.20. The molecule has 0 fully saturated rings. The lowest BCUT2D eigenvalue weighted by Crippen LogP contribution is -2.06. The van der Waals surface area contributed by atoms with Crippen molar-refractivity contribution in [2.45, 2.75) is 13.8 Å². The predicted molar refractivity (Wildman–Crippen MR) is 58.9 cm³/mol. The molecule has 0 spiro atoms. The van der Waals surface area contributed by atoms with Crippen molar-refractivity contribution >= 4 is 16.7 Å². The van der Waals surface area contributed by atoms with Crippen molar-refractivity contribution in [3.8, 4) is 0 Å². The van der Waals surface area contributed by atoms with Crippen molar-refractivity contribution in [1.29, 1.82) is 0 Å². The minimum absolute atomic E-state index is 0.333. The number of aromatic carboxylic acids is 1. The summed E-state index contributed by atoms with van der Waals surface area (Å²) in [4.78, 5) is 22.3. The van der Waals surface area contributed by atoms with E-state index in [1.54, 1.807) is 12.1 Å². The van der Waals surface area contributed by atoms with Gasteiger partial charge in [0.1, 0.15) is 0 Å². The van der Waals surface area contributed by atoms with E-state index in [1.807, 2.05) is 13.8 Å². The lowest BCUT2D eigenvalue weighted by molar-refractivity contribution is 0.0658. The zero-order chi connectivity index (χ0) is 11.9. The maximum absolute atomic E-state index is 11.5. The van der Waals surface area contributed by atoms with Crippen molar-refractivity contribution in [2.75, 3.05) is 0 Å². The van der Waals surface area contributed by atoms with E-state index >= 15 is 0 Å². The first kappa shape index (κ1) is 10.4. The Morgan fingerprint density at radius 3 is 2.44 bits per heavy atom. The van der Waals surface area contributed by atoms with Gasteiger partial charge in [-0.2, -0.15) is 0 Å². The van der Waals surface area contributed by atoms with E-state index in [-0.39, 0.29) is 5.76 Å². The molecule has 1 aromatic heterocycles. The second-order valence-electron chi connectivity index (χ2n) is 3.73. The number of hydrogen-bond donors (Lipinski definition) is 1. The van der Waals surface area contributed by atoms with Crippen LogP contribution >= 0.6 is 0 Å². The summed E-state index contributed by atoms with van der Waals surface area (Å²) >= 11 is 0. The molecule has 0 aliphatic carbocycles. The molecule has 2 rings (SSSR count). The van der Waals surface area contributed by atoms with Crippen LogP contribution in [0.4, 0.5) is 0 Å². The highest BCUT2D eigenvalue weighted by Crippen LogP contribution is 2.17. The standard InChI is InChI=1S/C12H10O4/c1-6-3-8-5-10(11(13)14)16-12(15)9(8)4-7(6)2/h3-5H,1-2H3,(H,13,14). The van der Waals surface area contributed by atoms with E-state index in [2.05, 4.69) is 0 Å². The maximum atomic E-state index is 11.5. The second-order valence-corrected chi connectivity index (χ2v) is 3.73. The molecule has 4 nitrogen and oxygen atoms in total. The van der Waals surface area contributed by atoms with Crippen LogP contribution in [0.25, 0.3) is 10.8 Å². The first-order chi connectivity index (χ1) is 7.49. The highest BCUT2D eigenvalue weighted by atomic mass is 16.4. The largest absolute Gasteiger partial charge is 0.475 e. The van der Waals surface area contributed by atoms with Gasteiger partial charge in [0.25, 0.3) is 0 Å². The Morgan fingerprint density at radius 1 is 1.19 bits per heavy atom. The molecule has 0 bridgehead atoms. The van der Waals surface area contributed by atoms with Gasteiger partial charge in [0.15, 0.2) is 0 Å². The first-order valence-electron chi connectivity index (χ1n) is 4.77. The normalized spacial score (nSPS) is 10.6. The second kappa shape index (κ2) is 3.48. The van der Waals surface area contributed by atoms with E-state index in [0.717, 1.165) is 11.1 Å². The zero-order valence-electron chi connectivity index (χ0n) is 8.90. The van der Waals surface area contributed by atoms with Crippen LogP contribution in [-0.4, -0.2) is 11.1 Å². The van der Waals surface area contributed by atoms with Crippen molar-refractivity contribution in [3.05, 3.63) is 45.5 Å². The molecule has 0 aliphatic rings. The number of fused-ring (bicyclic) bond motifs is 1. The van der Waals surface area contributed by atoms with Crippen molar-refractivity contribution in [3.63, 3.8) is 0 Å². The molecule has 16 heavy (non-hydrogen) atoms. The Labute approximate surface area is 91.1 Å². The predicted octanol–water partition coefficient (Wildman–Crippen LogP) is 2.11. The number of carbonyl (C=O) groups is 1. The summed E-state index contributed by atoms with van der Waals surface area (Å²) in [6.45, 7) is 3.79. The van der Waals surface area contributed by atoms with E-state index in [0.29, 0.717) is 10.8 Å². The first-order valence-corrected chi connectivity index (χ1v) is 4.77. The fourth-order valence-corrected chi connectivity index (χ4v) is 1.57. The van der Waals surface area contributed by atoms with Crippen LogP contribution in [0.2, 0.25) is 0 Å². The third-order valence-corrected chi connectivity index (χ3v) is 2.59. The van der Waals surface area contributed by atoms with Gasteiger partial charge in [0, 0.05) is 0 Å². The van der Waals surface area contributed by atoms with Gasteiger partial charge in [-0.3, -0.25) is 0 Å². The molecular weight excluding hydrogens is 208 g/mol. The monoisotopic (exact) mass is 218 g/mol. The van der Waals surface area contributed by atoms with E-state index in [9.17, 15) is 9.59 Å². The van der Waals surface area contributed by atoms with Crippen LogP contribution in [0.5, 0.6) is 0 Å². The van der Waals surface area contributed by atoms with Crippen LogP contribution in [0.3, 0.4) is 0 Å². The van der Waals surface area contributed by atoms with Crippen LogP contribution in [0.1, 0.15) is 21.7 Å². The Kier molecular flexibility index (Phi) is 2.27. The minimum atomic E-state index is -1.24. The quantitative estimate of drug-likeness (QED) is 0.795. The molecule has 4 heteroatoms. The summed E-state index contributed by atoms with van der Waals surface area (Å²) in [5.41, 5.74) is 1.37. The number of carboxylic acids is 1. The van der Waals surface area contributed by atoms with E-state index in [4.69, 9.17) is 9.52 Å². The fourth-order valence-electron chi connectivity index (χ4n) is 1.57. The van der Waals surface area contributed by atoms with E-state index in [1.165, 1.54) is 6.07 Å². The highest BCUT2D eigenvalue weighted by Gasteiger charge is 2.11. The highest BCUT2D eigenvalue weighted by molar-refractivity contribution is 5.91. The molecule has 2 aromatic rings. The summed E-state index contributed by atoms with van der Waals surface area (Å²) < 4.78 is 4.69. The Bertz CT molecular complexity index is 637. The van der Waals surface area contributed by atoms with Gasteiger partial charge in [-0.25, -0.2) is 9.59 Å². The molecule has 0 amide bonds. The van der Waals surface area contributed by atoms with Crippen LogP contribution in [-0.2, 0) is 0 Å². The van der Waals surface area contributed by atoms with Crippen LogP contribution in [0, 0.1) is 13.8 Å². The SMILES string of the molecule is Cc1cc2cc(C(=O)O)oc(=O)c2cc1C. The molecule has 1 heterocycles. The summed E-state index contributed by atoms with van der Waals surface area (Å²) in [6, 6.07) is 4.86. The molecule has 0 saturated heterocycles. The third kappa shape index (κ3) is 1.58. The molecule has 0 radical (unpaired) electrons. The van der Waals surface area contributed by atoms with Crippen LogP contribution in [0.15, 0.2) is 27.4 Å². The third-order valence-electron chi connectivity index (χ3n) is 2.59. The van der Waals surface area contributed by atoms with Gasteiger partial charge in [0.05, 0.1) is 5.39 Å². The van der Waals surface area contributed by atoms with E-state index < -0.39 is 11.6 Å². The van der Waals surface area contributed by atoms with Crippen LogP contribution < -0.4 is 5.63 Å². The van der Waals surface area contributed by atoms with Gasteiger partial charge < -0.3 is 9.52 Å². The van der Waals surface area contributed by atoms with Gasteiger partial charge in [-0.15, -0.1) is 0 Å². The van der Waals surface area contributed by atoms with Gasteiger partial charge >= 0.3 is 11.6 Å². The number of hydrogen-bond acceptors (Lipinski definition) is 3. The summed E-state index contributed by atoms with van der Waals surface area (Å²) in [5.74, 6) is -1.57. The van der Waals surface area contributed by atoms with Crippen molar-refractivity contribution < 1.29 is 14.3 Å². The number of carboxylic acid groups (broad SMARTS) is 1. The Balaban J connectivity index is 2.88. The smallest absolute Gasteiger partial charge is 0.371 e. The fraction of sp³-hybridized carbons (Fsp3) is 0.167. The molecule has 0 saturated carbocycles. The van der Waals surface area contributed by atoms with Crippen molar-refractivity contribution in [2.24, 2.45) is 0 Å². The van der Waals surface area contributed by atoms with Gasteiger partial charge in [-0.1, -0.05) is 6.07 Å². The van der Waals surface area contributed by atoms with Crippen molar-refractivity contribution in [1.82, 2.24) is 0 Å². The molecule has 1 N–H and O–H groups in total. The number of rotatable bonds is 1. The lowest BCUT2D eigenvalue weighted by Gasteiger charge is -2.03. The minimum Gasteiger partial charge on any atom is -0.475 e. The molecular formula is C12H10O4. The molecule has 0 unspecified atom stereocenters. The Hall–Kier alpha value is -2.10. The maximum Gasteiger partial charge on any atom is 0.371 e. The van der Waals surface area contributed by atoms with Gasteiger partial charge in [0.2, 0.25) is 5.76 Å². The molecule has 0 atom stereocenters. The molecule has 1 aromatic carbocycles. The Morgan fingerprint density at radius 2 is 1.81 bits per heavy atom. The molecule has 82 valence electrons. The number of benzene rings is 1. The number of aryl methyl sites for hydroxylation is 2. The molecule has 0 aliphatic heterocycles.